The van der Waals surface area contributed by atoms with E-state index in [2.05, 4.69) is 11.9 Å². The number of H-pyrrole nitrogens is 1. The van der Waals surface area contributed by atoms with Gasteiger partial charge in [0, 0.05) is 35.8 Å². The number of nitrogens with one attached hydrogen (secondary N) is 1. The SMILES string of the molecule is CCc1c[nH]c2cc(C(=O)N3CCOCC3)ccc12. The lowest BCUT2D eigenvalue weighted by Crippen LogP contribution is -2.40. The number of carbonyl (C=O) groups is 1. The number of carbonyl (C=O) groups excluding carboxylic acids is 1. The summed E-state index contributed by atoms with van der Waals surface area (Å²) in [6.07, 6.45) is 3.02. The molecule has 0 atom stereocenters. The number of nitrogens with zero attached hydrogens (tertiary/aromatic N) is 1. The third-order valence-electron chi connectivity index (χ3n) is 3.69. The summed E-state index contributed by atoms with van der Waals surface area (Å²) in [6, 6.07) is 5.91. The van der Waals surface area contributed by atoms with Gasteiger partial charge < -0.3 is 14.6 Å². The maximum atomic E-state index is 12.4. The molecule has 1 aromatic heterocycles. The molecule has 3 rings (SSSR count). The standard InChI is InChI=1S/C15H18N2O2/c1-2-11-10-16-14-9-12(3-4-13(11)14)15(18)17-5-7-19-8-6-17/h3-4,9-10,16H,2,5-8H2,1H3. The molecule has 1 aliphatic heterocycles. The van der Waals surface area contributed by atoms with Crippen molar-refractivity contribution in [2.75, 3.05) is 26.3 Å². The van der Waals surface area contributed by atoms with Crippen molar-refractivity contribution in [1.29, 1.82) is 0 Å². The Morgan fingerprint density at radius 2 is 2.16 bits per heavy atom. The van der Waals surface area contributed by atoms with Gasteiger partial charge in [-0.05, 0) is 24.1 Å². The Morgan fingerprint density at radius 3 is 2.89 bits per heavy atom. The van der Waals surface area contributed by atoms with E-state index in [9.17, 15) is 4.79 Å². The summed E-state index contributed by atoms with van der Waals surface area (Å²) < 4.78 is 5.27. The van der Waals surface area contributed by atoms with E-state index in [0.717, 1.165) is 17.5 Å². The topological polar surface area (TPSA) is 45.3 Å². The van der Waals surface area contributed by atoms with Gasteiger partial charge in [0.15, 0.2) is 0 Å². The number of hydrogen-bond acceptors (Lipinski definition) is 2. The van der Waals surface area contributed by atoms with Crippen LogP contribution >= 0.6 is 0 Å². The second-order valence-corrected chi connectivity index (χ2v) is 4.83. The molecule has 1 aromatic carbocycles. The highest BCUT2D eigenvalue weighted by atomic mass is 16.5. The highest BCUT2D eigenvalue weighted by Gasteiger charge is 2.18. The third-order valence-corrected chi connectivity index (χ3v) is 3.69. The molecule has 2 aromatic rings. The first-order valence-corrected chi connectivity index (χ1v) is 6.76. The molecule has 1 aliphatic rings. The van der Waals surface area contributed by atoms with Gasteiger partial charge in [-0.15, -0.1) is 0 Å². The van der Waals surface area contributed by atoms with Crippen LogP contribution in [0.15, 0.2) is 24.4 Å². The van der Waals surface area contributed by atoms with E-state index in [1.807, 2.05) is 29.3 Å². The van der Waals surface area contributed by atoms with Crippen LogP contribution in [0.2, 0.25) is 0 Å². The minimum absolute atomic E-state index is 0.0952. The molecule has 0 bridgehead atoms. The van der Waals surface area contributed by atoms with Crippen LogP contribution in [0.5, 0.6) is 0 Å². The van der Waals surface area contributed by atoms with E-state index >= 15 is 0 Å². The van der Waals surface area contributed by atoms with Crippen molar-refractivity contribution in [2.45, 2.75) is 13.3 Å². The number of aryl methyl sites for hydroxylation is 1. The van der Waals surface area contributed by atoms with Crippen LogP contribution in [0.3, 0.4) is 0 Å². The van der Waals surface area contributed by atoms with Crippen molar-refractivity contribution in [3.63, 3.8) is 0 Å². The molecule has 0 unspecified atom stereocenters. The molecule has 1 N–H and O–H groups in total. The maximum Gasteiger partial charge on any atom is 0.254 e. The van der Waals surface area contributed by atoms with Gasteiger partial charge in [0.1, 0.15) is 0 Å². The quantitative estimate of drug-likeness (QED) is 0.897. The molecular weight excluding hydrogens is 240 g/mol. The fourth-order valence-electron chi connectivity index (χ4n) is 2.56. The first-order valence-electron chi connectivity index (χ1n) is 6.76. The van der Waals surface area contributed by atoms with Crippen LogP contribution in [0.4, 0.5) is 0 Å². The highest BCUT2D eigenvalue weighted by molar-refractivity contribution is 5.98. The molecule has 100 valence electrons. The Hall–Kier alpha value is -1.81. The van der Waals surface area contributed by atoms with E-state index in [4.69, 9.17) is 4.74 Å². The number of aromatic nitrogens is 1. The van der Waals surface area contributed by atoms with Crippen LogP contribution in [-0.4, -0.2) is 42.1 Å². The normalized spacial score (nSPS) is 15.9. The predicted octanol–water partition coefficient (Wildman–Crippen LogP) is 2.20. The van der Waals surface area contributed by atoms with E-state index in [0.29, 0.717) is 26.3 Å². The van der Waals surface area contributed by atoms with Gasteiger partial charge >= 0.3 is 0 Å². The van der Waals surface area contributed by atoms with Crippen LogP contribution < -0.4 is 0 Å². The minimum Gasteiger partial charge on any atom is -0.378 e. The molecule has 4 nitrogen and oxygen atoms in total. The Bertz CT molecular complexity index is 597. The molecule has 0 spiro atoms. The van der Waals surface area contributed by atoms with Crippen LogP contribution in [0, 0.1) is 0 Å². The fourth-order valence-corrected chi connectivity index (χ4v) is 2.56. The zero-order chi connectivity index (χ0) is 13.2. The average Bonchev–Trinajstić information content (AvgIpc) is 2.89. The number of morpholine rings is 1. The van der Waals surface area contributed by atoms with Crippen LogP contribution in [0.1, 0.15) is 22.8 Å². The molecule has 1 fully saturated rings. The zero-order valence-corrected chi connectivity index (χ0v) is 11.1. The molecule has 19 heavy (non-hydrogen) atoms. The summed E-state index contributed by atoms with van der Waals surface area (Å²) in [4.78, 5) is 17.5. The number of benzene rings is 1. The first kappa shape index (κ1) is 12.2. The summed E-state index contributed by atoms with van der Waals surface area (Å²) in [5.74, 6) is 0.0952. The summed E-state index contributed by atoms with van der Waals surface area (Å²) >= 11 is 0. The fraction of sp³-hybridized carbons (Fsp3) is 0.400. The predicted molar refractivity (Wildman–Crippen MR) is 74.4 cm³/mol. The maximum absolute atomic E-state index is 12.4. The molecule has 0 radical (unpaired) electrons. The monoisotopic (exact) mass is 258 g/mol. The number of fused-ring (bicyclic) bond motifs is 1. The summed E-state index contributed by atoms with van der Waals surface area (Å²) in [6.45, 7) is 4.77. The number of hydrogen-bond donors (Lipinski definition) is 1. The molecule has 4 heteroatoms. The Labute approximate surface area is 112 Å². The van der Waals surface area contributed by atoms with E-state index in [1.165, 1.54) is 10.9 Å². The number of amides is 1. The molecule has 1 saturated heterocycles. The van der Waals surface area contributed by atoms with Crippen LogP contribution in [-0.2, 0) is 11.2 Å². The number of rotatable bonds is 2. The van der Waals surface area contributed by atoms with Gasteiger partial charge in [-0.1, -0.05) is 13.0 Å². The van der Waals surface area contributed by atoms with Gasteiger partial charge in [-0.25, -0.2) is 0 Å². The second kappa shape index (κ2) is 5.05. The molecule has 0 saturated carbocycles. The Balaban J connectivity index is 1.90. The van der Waals surface area contributed by atoms with Gasteiger partial charge in [0.2, 0.25) is 0 Å². The zero-order valence-electron chi connectivity index (χ0n) is 11.1. The third kappa shape index (κ3) is 2.24. The summed E-state index contributed by atoms with van der Waals surface area (Å²) in [5.41, 5.74) is 3.08. The van der Waals surface area contributed by atoms with Crippen molar-refractivity contribution in [2.24, 2.45) is 0 Å². The molecule has 2 heterocycles. The highest BCUT2D eigenvalue weighted by Crippen LogP contribution is 2.21. The summed E-state index contributed by atoms with van der Waals surface area (Å²) in [5, 5.41) is 1.21. The van der Waals surface area contributed by atoms with Crippen molar-refractivity contribution in [1.82, 2.24) is 9.88 Å². The van der Waals surface area contributed by atoms with Gasteiger partial charge in [-0.3, -0.25) is 4.79 Å². The minimum atomic E-state index is 0.0952. The largest absolute Gasteiger partial charge is 0.378 e. The van der Waals surface area contributed by atoms with Crippen molar-refractivity contribution < 1.29 is 9.53 Å². The van der Waals surface area contributed by atoms with E-state index in [1.54, 1.807) is 0 Å². The summed E-state index contributed by atoms with van der Waals surface area (Å²) in [7, 11) is 0. The molecule has 1 amide bonds. The lowest BCUT2D eigenvalue weighted by Gasteiger charge is -2.26. The van der Waals surface area contributed by atoms with E-state index in [-0.39, 0.29) is 5.91 Å². The average molecular weight is 258 g/mol. The van der Waals surface area contributed by atoms with Crippen molar-refractivity contribution in [3.8, 4) is 0 Å². The van der Waals surface area contributed by atoms with Crippen molar-refractivity contribution in [3.05, 3.63) is 35.5 Å². The second-order valence-electron chi connectivity index (χ2n) is 4.83. The number of aromatic amines is 1. The van der Waals surface area contributed by atoms with Gasteiger partial charge in [0.25, 0.3) is 5.91 Å². The molecule has 0 aliphatic carbocycles. The number of ether oxygens (including phenoxy) is 1. The van der Waals surface area contributed by atoms with Crippen LogP contribution in [0.25, 0.3) is 10.9 Å². The first-order chi connectivity index (χ1) is 9.29. The lowest BCUT2D eigenvalue weighted by molar-refractivity contribution is 0.0303. The van der Waals surface area contributed by atoms with Crippen molar-refractivity contribution >= 4 is 16.8 Å². The van der Waals surface area contributed by atoms with Gasteiger partial charge in [0.05, 0.1) is 13.2 Å². The Kier molecular flexibility index (Phi) is 3.25. The van der Waals surface area contributed by atoms with E-state index < -0.39 is 0 Å². The Morgan fingerprint density at radius 1 is 1.37 bits per heavy atom. The molecular formula is C15H18N2O2. The lowest BCUT2D eigenvalue weighted by atomic mass is 10.1. The van der Waals surface area contributed by atoms with Gasteiger partial charge in [-0.2, -0.15) is 0 Å². The smallest absolute Gasteiger partial charge is 0.254 e.